The highest BCUT2D eigenvalue weighted by atomic mass is 19.3. The van der Waals surface area contributed by atoms with E-state index in [1.54, 1.807) is 6.07 Å². The minimum absolute atomic E-state index is 0.128. The number of alkyl halides is 2. The topological polar surface area (TPSA) is 54.7 Å². The van der Waals surface area contributed by atoms with Crippen molar-refractivity contribution in [1.82, 2.24) is 4.57 Å². The van der Waals surface area contributed by atoms with Gasteiger partial charge in [0.25, 0.3) is 6.43 Å². The zero-order chi connectivity index (χ0) is 24.2. The zero-order valence-electron chi connectivity index (χ0n) is 19.9. The molecule has 0 saturated heterocycles. The Morgan fingerprint density at radius 2 is 1.88 bits per heavy atom. The van der Waals surface area contributed by atoms with Gasteiger partial charge in [0, 0.05) is 42.3 Å². The van der Waals surface area contributed by atoms with Crippen LogP contribution in [0, 0.1) is 13.8 Å². The van der Waals surface area contributed by atoms with Crippen LogP contribution in [0.25, 0.3) is 22.0 Å². The molecule has 0 atom stereocenters. The number of rotatable bonds is 5. The Morgan fingerprint density at radius 1 is 1.18 bits per heavy atom. The monoisotopic (exact) mass is 456 g/mol. The number of carbonyl (C=O) groups is 1. The summed E-state index contributed by atoms with van der Waals surface area (Å²) in [6.07, 6.45) is -2.81. The summed E-state index contributed by atoms with van der Waals surface area (Å²) in [5, 5.41) is 10.7. The van der Waals surface area contributed by atoms with Crippen molar-refractivity contribution in [2.24, 2.45) is 0 Å². The van der Waals surface area contributed by atoms with Crippen LogP contribution in [0.1, 0.15) is 49.6 Å². The van der Waals surface area contributed by atoms with Crippen molar-refractivity contribution >= 4 is 22.6 Å². The van der Waals surface area contributed by atoms with Crippen LogP contribution in [0.5, 0.6) is 5.75 Å². The van der Waals surface area contributed by atoms with Gasteiger partial charge in [-0.25, -0.2) is 8.78 Å². The number of aromatic nitrogens is 1. The summed E-state index contributed by atoms with van der Waals surface area (Å²) in [6.45, 7) is 11.2. The Morgan fingerprint density at radius 3 is 2.48 bits per heavy atom. The van der Waals surface area contributed by atoms with Crippen molar-refractivity contribution < 1.29 is 23.4 Å². The van der Waals surface area contributed by atoms with Crippen molar-refractivity contribution in [3.63, 3.8) is 0 Å². The first kappa shape index (κ1) is 23.1. The quantitative estimate of drug-likeness (QED) is 0.503. The van der Waals surface area contributed by atoms with Crippen LogP contribution < -0.4 is 9.64 Å². The molecule has 1 N–H and O–H groups in total. The Balaban J connectivity index is 2.13. The van der Waals surface area contributed by atoms with E-state index < -0.39 is 18.0 Å². The molecule has 0 amide bonds. The molecule has 0 aliphatic carbocycles. The Kier molecular flexibility index (Phi) is 5.63. The van der Waals surface area contributed by atoms with E-state index >= 15 is 0 Å². The van der Waals surface area contributed by atoms with Crippen molar-refractivity contribution in [3.8, 4) is 16.9 Å². The third-order valence-corrected chi connectivity index (χ3v) is 6.22. The van der Waals surface area contributed by atoms with Gasteiger partial charge in [-0.2, -0.15) is 0 Å². The molecule has 4 rings (SSSR count). The molecular formula is C26H30F2N2O3. The van der Waals surface area contributed by atoms with E-state index in [9.17, 15) is 18.7 Å². The molecule has 5 nitrogen and oxygen atoms in total. The fourth-order valence-electron chi connectivity index (χ4n) is 4.89. The summed E-state index contributed by atoms with van der Waals surface area (Å²) in [4.78, 5) is 14.1. The lowest BCUT2D eigenvalue weighted by atomic mass is 9.88. The highest BCUT2D eigenvalue weighted by Crippen LogP contribution is 2.47. The maximum Gasteiger partial charge on any atom is 0.307 e. The minimum atomic E-state index is -2.63. The highest BCUT2D eigenvalue weighted by molar-refractivity contribution is 6.08. The Bertz CT molecular complexity index is 1260. The fourth-order valence-corrected chi connectivity index (χ4v) is 4.89. The predicted octanol–water partition coefficient (Wildman–Crippen LogP) is 6.12. The minimum Gasteiger partial charge on any atom is -0.487 e. The molecule has 0 radical (unpaired) electrons. The summed E-state index contributed by atoms with van der Waals surface area (Å²) in [7, 11) is 2.02. The van der Waals surface area contributed by atoms with Crippen LogP contribution in [-0.4, -0.2) is 34.8 Å². The second kappa shape index (κ2) is 8.04. The number of hydrogen-bond donors (Lipinski definition) is 1. The molecule has 1 aromatic heterocycles. The molecule has 176 valence electrons. The summed E-state index contributed by atoms with van der Waals surface area (Å²) >= 11 is 0. The highest BCUT2D eigenvalue weighted by Gasteiger charge is 2.29. The largest absolute Gasteiger partial charge is 0.487 e. The molecule has 0 saturated carbocycles. The van der Waals surface area contributed by atoms with Gasteiger partial charge in [-0.3, -0.25) is 4.79 Å². The SMILES string of the molecule is Cc1c(CC(=O)O)c(-c2ccc(C(F)F)cc2OC(C)(C)C)c2cc(C)n3c2c1N(C)CC3. The van der Waals surface area contributed by atoms with Gasteiger partial charge in [0.15, 0.2) is 0 Å². The molecule has 0 fully saturated rings. The van der Waals surface area contributed by atoms with Gasteiger partial charge in [0.2, 0.25) is 0 Å². The van der Waals surface area contributed by atoms with Crippen LogP contribution in [0.15, 0.2) is 24.3 Å². The summed E-state index contributed by atoms with van der Waals surface area (Å²) in [5.41, 5.74) is 5.34. The van der Waals surface area contributed by atoms with E-state index in [-0.39, 0.29) is 12.0 Å². The number of benzene rings is 2. The van der Waals surface area contributed by atoms with Gasteiger partial charge >= 0.3 is 5.97 Å². The molecular weight excluding hydrogens is 426 g/mol. The average molecular weight is 457 g/mol. The molecule has 1 aliphatic rings. The first-order valence-electron chi connectivity index (χ1n) is 11.1. The third-order valence-electron chi connectivity index (χ3n) is 6.22. The first-order chi connectivity index (χ1) is 15.4. The normalized spacial score (nSPS) is 13.8. The Hall–Kier alpha value is -3.09. The lowest BCUT2D eigenvalue weighted by Gasteiger charge is -2.32. The van der Waals surface area contributed by atoms with E-state index in [1.807, 2.05) is 41.7 Å². The predicted molar refractivity (Wildman–Crippen MR) is 127 cm³/mol. The number of carboxylic acid groups (broad SMARTS) is 1. The second-order valence-corrected chi connectivity index (χ2v) is 9.79. The zero-order valence-corrected chi connectivity index (χ0v) is 19.9. The van der Waals surface area contributed by atoms with Gasteiger partial charge in [-0.1, -0.05) is 12.1 Å². The van der Waals surface area contributed by atoms with Gasteiger partial charge in [-0.15, -0.1) is 0 Å². The van der Waals surface area contributed by atoms with Crippen molar-refractivity contribution in [1.29, 1.82) is 0 Å². The number of hydrogen-bond acceptors (Lipinski definition) is 3. The number of anilines is 1. The van der Waals surface area contributed by atoms with E-state index in [4.69, 9.17) is 4.74 Å². The number of aryl methyl sites for hydroxylation is 1. The number of halogens is 2. The number of ether oxygens (including phenoxy) is 1. The van der Waals surface area contributed by atoms with Crippen molar-refractivity contribution in [2.75, 3.05) is 18.5 Å². The molecule has 0 spiro atoms. The maximum absolute atomic E-state index is 13.5. The lowest BCUT2D eigenvalue weighted by molar-refractivity contribution is -0.136. The summed E-state index contributed by atoms with van der Waals surface area (Å²) in [6, 6.07) is 6.49. The average Bonchev–Trinajstić information content (AvgIpc) is 3.02. The molecule has 3 aromatic rings. The smallest absolute Gasteiger partial charge is 0.307 e. The van der Waals surface area contributed by atoms with Crippen LogP contribution >= 0.6 is 0 Å². The summed E-state index contributed by atoms with van der Waals surface area (Å²) in [5.74, 6) is -0.612. The maximum atomic E-state index is 13.5. The van der Waals surface area contributed by atoms with E-state index in [0.717, 1.165) is 46.5 Å². The number of carboxylic acids is 1. The standard InChI is InChI=1S/C26H30F2N2O3/c1-14-11-19-22(17-8-7-16(25(27)28)12-20(17)33-26(3,4)5)18(13-21(31)32)15(2)23-24(19)30(14)10-9-29(23)6/h7-8,11-12,25H,9-10,13H2,1-6H3,(H,31,32). The van der Waals surface area contributed by atoms with Gasteiger partial charge in [-0.05, 0) is 63.4 Å². The van der Waals surface area contributed by atoms with E-state index in [0.29, 0.717) is 16.9 Å². The molecule has 0 unspecified atom stereocenters. The number of nitrogens with zero attached hydrogens (tertiary/aromatic N) is 2. The molecule has 7 heteroatoms. The van der Waals surface area contributed by atoms with Crippen molar-refractivity contribution in [3.05, 3.63) is 46.6 Å². The molecule has 33 heavy (non-hydrogen) atoms. The van der Waals surface area contributed by atoms with Crippen LogP contribution in [0.3, 0.4) is 0 Å². The first-order valence-corrected chi connectivity index (χ1v) is 11.1. The number of aliphatic carboxylic acids is 1. The number of likely N-dealkylation sites (N-methyl/N-ethyl adjacent to an activating group) is 1. The van der Waals surface area contributed by atoms with Crippen LogP contribution in [-0.2, 0) is 17.8 Å². The molecule has 2 heterocycles. The Labute approximate surface area is 192 Å². The van der Waals surface area contributed by atoms with Crippen LogP contribution in [0.2, 0.25) is 0 Å². The van der Waals surface area contributed by atoms with Gasteiger partial charge < -0.3 is 19.3 Å². The van der Waals surface area contributed by atoms with E-state index in [2.05, 4.69) is 15.5 Å². The van der Waals surface area contributed by atoms with Gasteiger partial charge in [0.05, 0.1) is 17.6 Å². The fraction of sp³-hybridized carbons (Fsp3) is 0.423. The summed E-state index contributed by atoms with van der Waals surface area (Å²) < 4.78 is 35.5. The molecule has 0 bridgehead atoms. The lowest BCUT2D eigenvalue weighted by Crippen LogP contribution is -2.29. The second-order valence-electron chi connectivity index (χ2n) is 9.79. The van der Waals surface area contributed by atoms with Crippen molar-refractivity contribution in [2.45, 2.75) is 59.6 Å². The molecule has 2 aromatic carbocycles. The third kappa shape index (κ3) is 4.05. The molecule has 1 aliphatic heterocycles. The van der Waals surface area contributed by atoms with Crippen LogP contribution in [0.4, 0.5) is 14.5 Å². The van der Waals surface area contributed by atoms with E-state index in [1.165, 1.54) is 12.1 Å². The van der Waals surface area contributed by atoms with Gasteiger partial charge in [0.1, 0.15) is 11.4 Å².